The molecule has 7 heteroatoms. The summed E-state index contributed by atoms with van der Waals surface area (Å²) in [5.74, 6) is 0. The fourth-order valence-corrected chi connectivity index (χ4v) is 5.56. The van der Waals surface area contributed by atoms with E-state index in [1.54, 1.807) is 37.5 Å². The second-order valence-electron chi connectivity index (χ2n) is 7.48. The molecular formula is C24H20N4O2S. The number of hydrogen-bond acceptors (Lipinski definition) is 5. The van der Waals surface area contributed by atoms with Crippen LogP contribution < -0.4 is 0 Å². The van der Waals surface area contributed by atoms with E-state index in [1.807, 2.05) is 54.6 Å². The second kappa shape index (κ2) is 7.59. The van der Waals surface area contributed by atoms with Gasteiger partial charge in [-0.05, 0) is 41.8 Å². The van der Waals surface area contributed by atoms with E-state index in [1.165, 1.54) is 4.41 Å². The summed E-state index contributed by atoms with van der Waals surface area (Å²) in [6.45, 7) is 1.80. The molecule has 1 aliphatic rings. The first-order chi connectivity index (χ1) is 15.0. The lowest BCUT2D eigenvalue weighted by molar-refractivity contribution is 0.371. The summed E-state index contributed by atoms with van der Waals surface area (Å²) in [6, 6.07) is 21.9. The summed E-state index contributed by atoms with van der Waals surface area (Å²) in [5.41, 5.74) is 4.66. The minimum Gasteiger partial charge on any atom is -0.253 e. The van der Waals surface area contributed by atoms with E-state index in [0.29, 0.717) is 12.0 Å². The average molecular weight is 429 g/mol. The third-order valence-corrected chi connectivity index (χ3v) is 7.32. The van der Waals surface area contributed by atoms with Crippen molar-refractivity contribution in [2.45, 2.75) is 24.3 Å². The number of hydrogen-bond donors (Lipinski definition) is 0. The third kappa shape index (κ3) is 3.47. The lowest BCUT2D eigenvalue weighted by Crippen LogP contribution is -2.28. The molecule has 1 atom stereocenters. The van der Waals surface area contributed by atoms with Crippen LogP contribution >= 0.6 is 0 Å². The molecule has 5 rings (SSSR count). The maximum absolute atomic E-state index is 13.7. The highest BCUT2D eigenvalue weighted by Crippen LogP contribution is 2.38. The Morgan fingerprint density at radius 2 is 1.58 bits per heavy atom. The van der Waals surface area contributed by atoms with Crippen molar-refractivity contribution in [3.8, 4) is 0 Å². The summed E-state index contributed by atoms with van der Waals surface area (Å²) in [7, 11) is -3.85. The molecular weight excluding hydrogens is 408 g/mol. The van der Waals surface area contributed by atoms with E-state index < -0.39 is 16.1 Å². The lowest BCUT2D eigenvalue weighted by Gasteiger charge is -2.24. The van der Waals surface area contributed by atoms with Crippen LogP contribution in [0.15, 0.2) is 95.2 Å². The van der Waals surface area contributed by atoms with Crippen LogP contribution in [0.1, 0.15) is 29.2 Å². The number of rotatable bonds is 4. The van der Waals surface area contributed by atoms with Gasteiger partial charge in [0, 0.05) is 18.8 Å². The Kier molecular flexibility index (Phi) is 4.75. The molecule has 0 saturated heterocycles. The number of aryl methyl sites for hydroxylation is 1. The van der Waals surface area contributed by atoms with Gasteiger partial charge in [0.25, 0.3) is 10.0 Å². The van der Waals surface area contributed by atoms with Crippen LogP contribution in [0.4, 0.5) is 0 Å². The maximum atomic E-state index is 13.7. The van der Waals surface area contributed by atoms with E-state index in [4.69, 9.17) is 0 Å². The first-order valence-corrected chi connectivity index (χ1v) is 11.4. The Bertz CT molecular complexity index is 1400. The van der Waals surface area contributed by atoms with Gasteiger partial charge in [-0.15, -0.1) is 0 Å². The van der Waals surface area contributed by atoms with Gasteiger partial charge in [0.2, 0.25) is 0 Å². The maximum Gasteiger partial charge on any atom is 0.279 e. The van der Waals surface area contributed by atoms with E-state index >= 15 is 0 Å². The van der Waals surface area contributed by atoms with Crippen LogP contribution in [0.2, 0.25) is 0 Å². The average Bonchev–Trinajstić information content (AvgIpc) is 3.26. The number of hydrazone groups is 1. The zero-order valence-corrected chi connectivity index (χ0v) is 17.7. The molecule has 0 amide bonds. The smallest absolute Gasteiger partial charge is 0.253 e. The fourth-order valence-electron chi connectivity index (χ4n) is 3.90. The molecule has 1 aromatic heterocycles. The highest BCUT2D eigenvalue weighted by molar-refractivity contribution is 7.89. The molecule has 0 unspecified atom stereocenters. The summed E-state index contributed by atoms with van der Waals surface area (Å²) >= 11 is 0. The van der Waals surface area contributed by atoms with Crippen molar-refractivity contribution < 1.29 is 8.42 Å². The minimum absolute atomic E-state index is 0.263. The van der Waals surface area contributed by atoms with Gasteiger partial charge in [-0.25, -0.2) is 0 Å². The molecule has 0 saturated carbocycles. The summed E-state index contributed by atoms with van der Waals surface area (Å²) in [4.78, 5) is 8.96. The van der Waals surface area contributed by atoms with E-state index in [-0.39, 0.29) is 4.90 Å². The van der Waals surface area contributed by atoms with Crippen molar-refractivity contribution in [2.24, 2.45) is 5.10 Å². The number of nitrogens with zero attached hydrogens (tertiary/aromatic N) is 4. The van der Waals surface area contributed by atoms with Crippen LogP contribution in [0.3, 0.4) is 0 Å². The van der Waals surface area contributed by atoms with Gasteiger partial charge in [-0.3, -0.25) is 9.97 Å². The predicted octanol–water partition coefficient (Wildman–Crippen LogP) is 4.48. The Morgan fingerprint density at radius 1 is 0.871 bits per heavy atom. The molecule has 1 aliphatic heterocycles. The van der Waals surface area contributed by atoms with Gasteiger partial charge < -0.3 is 0 Å². The summed E-state index contributed by atoms with van der Waals surface area (Å²) in [6.07, 6.45) is 3.75. The van der Waals surface area contributed by atoms with Gasteiger partial charge in [0.15, 0.2) is 0 Å². The lowest BCUT2D eigenvalue weighted by atomic mass is 9.99. The molecule has 0 bridgehead atoms. The van der Waals surface area contributed by atoms with Crippen molar-refractivity contribution in [3.63, 3.8) is 0 Å². The SMILES string of the molecule is Cc1ccccc1S(=O)(=O)N1N=C(c2ccccc2)C[C@@H]1c1ccc2nccnc2c1. The van der Waals surface area contributed by atoms with E-state index in [0.717, 1.165) is 27.9 Å². The predicted molar refractivity (Wildman–Crippen MR) is 120 cm³/mol. The number of sulfonamides is 1. The van der Waals surface area contributed by atoms with Gasteiger partial charge in [0.05, 0.1) is 27.7 Å². The molecule has 0 radical (unpaired) electrons. The topological polar surface area (TPSA) is 75.5 Å². The van der Waals surface area contributed by atoms with Crippen LogP contribution in [0, 0.1) is 6.92 Å². The van der Waals surface area contributed by atoms with Crippen molar-refractivity contribution in [3.05, 3.63) is 102 Å². The van der Waals surface area contributed by atoms with Crippen molar-refractivity contribution in [2.75, 3.05) is 0 Å². The number of benzene rings is 3. The number of aromatic nitrogens is 2. The normalized spacial score (nSPS) is 16.5. The third-order valence-electron chi connectivity index (χ3n) is 5.48. The van der Waals surface area contributed by atoms with Crippen molar-refractivity contribution in [1.82, 2.24) is 14.4 Å². The zero-order valence-electron chi connectivity index (χ0n) is 16.9. The van der Waals surface area contributed by atoms with Gasteiger partial charge in [-0.2, -0.15) is 17.9 Å². The fraction of sp³-hybridized carbons (Fsp3) is 0.125. The van der Waals surface area contributed by atoms with Crippen molar-refractivity contribution >= 4 is 26.8 Å². The van der Waals surface area contributed by atoms with E-state index in [2.05, 4.69) is 15.1 Å². The molecule has 0 aliphatic carbocycles. The molecule has 6 nitrogen and oxygen atoms in total. The molecule has 4 aromatic rings. The molecule has 3 aromatic carbocycles. The minimum atomic E-state index is -3.85. The van der Waals surface area contributed by atoms with Gasteiger partial charge in [-0.1, -0.05) is 54.6 Å². The van der Waals surface area contributed by atoms with E-state index in [9.17, 15) is 8.42 Å². The Labute approximate surface area is 181 Å². The summed E-state index contributed by atoms with van der Waals surface area (Å²) < 4.78 is 28.6. The number of fused-ring (bicyclic) bond motifs is 1. The molecule has 0 fully saturated rings. The first kappa shape index (κ1) is 19.4. The molecule has 0 N–H and O–H groups in total. The first-order valence-electron chi connectivity index (χ1n) is 9.98. The molecule has 0 spiro atoms. The van der Waals surface area contributed by atoms with Crippen molar-refractivity contribution in [1.29, 1.82) is 0 Å². The molecule has 154 valence electrons. The van der Waals surface area contributed by atoms with Gasteiger partial charge >= 0.3 is 0 Å². The highest BCUT2D eigenvalue weighted by Gasteiger charge is 2.38. The summed E-state index contributed by atoms with van der Waals surface area (Å²) in [5, 5.41) is 4.61. The molecule has 2 heterocycles. The zero-order chi connectivity index (χ0) is 21.4. The monoisotopic (exact) mass is 428 g/mol. The second-order valence-corrected chi connectivity index (χ2v) is 9.24. The Balaban J connectivity index is 1.64. The Hall–Kier alpha value is -3.58. The molecule has 31 heavy (non-hydrogen) atoms. The standard InChI is InChI=1S/C24H20N4O2S/c1-17-7-5-6-10-24(17)31(29,30)28-23(16-21(27-28)18-8-3-2-4-9-18)19-11-12-20-22(15-19)26-14-13-25-20/h2-15,23H,16H2,1H3/t23-/m1/s1. The quantitative estimate of drug-likeness (QED) is 0.480. The van der Waals surface area contributed by atoms with Gasteiger partial charge in [0.1, 0.15) is 0 Å². The van der Waals surface area contributed by atoms with Crippen LogP contribution in [0.5, 0.6) is 0 Å². The highest BCUT2D eigenvalue weighted by atomic mass is 32.2. The largest absolute Gasteiger partial charge is 0.279 e. The van der Waals surface area contributed by atoms with Crippen LogP contribution in [-0.4, -0.2) is 28.5 Å². The van der Waals surface area contributed by atoms with Crippen LogP contribution in [0.25, 0.3) is 11.0 Å². The Morgan fingerprint density at radius 3 is 2.35 bits per heavy atom. The van der Waals surface area contributed by atoms with Crippen LogP contribution in [-0.2, 0) is 10.0 Å².